The Morgan fingerprint density at radius 3 is 2.38 bits per heavy atom. The van der Waals surface area contributed by atoms with E-state index in [1.165, 1.54) is 11.3 Å². The lowest BCUT2D eigenvalue weighted by Gasteiger charge is -2.30. The van der Waals surface area contributed by atoms with Gasteiger partial charge in [0.1, 0.15) is 0 Å². The Kier molecular flexibility index (Phi) is 4.81. The fraction of sp³-hybridized carbons (Fsp3) is 0.538. The fourth-order valence-corrected chi connectivity index (χ4v) is 2.31. The van der Waals surface area contributed by atoms with Crippen molar-refractivity contribution < 1.29 is 0 Å². The normalized spacial score (nSPS) is 12.9. The molecule has 0 aliphatic heterocycles. The Morgan fingerprint density at radius 2 is 1.94 bits per heavy atom. The summed E-state index contributed by atoms with van der Waals surface area (Å²) < 4.78 is 1.10. The number of nitrogens with two attached hydrogens (primary N) is 1. The van der Waals surface area contributed by atoms with Crippen molar-refractivity contribution in [3.8, 4) is 0 Å². The summed E-state index contributed by atoms with van der Waals surface area (Å²) in [4.78, 5) is 2.36. The van der Waals surface area contributed by atoms with E-state index in [4.69, 9.17) is 5.73 Å². The number of benzene rings is 1. The molecule has 3 heteroatoms. The van der Waals surface area contributed by atoms with Crippen molar-refractivity contribution in [3.05, 3.63) is 28.2 Å². The number of nitrogens with zero attached hydrogens (tertiary/aromatic N) is 1. The molecule has 0 spiro atoms. The molecule has 0 radical (unpaired) electrons. The van der Waals surface area contributed by atoms with Gasteiger partial charge >= 0.3 is 0 Å². The van der Waals surface area contributed by atoms with Gasteiger partial charge in [0, 0.05) is 28.8 Å². The largest absolute Gasteiger partial charge is 0.369 e. The molecule has 0 aliphatic carbocycles. The Balaban J connectivity index is 3.22. The Hall–Kier alpha value is -0.540. The maximum atomic E-state index is 6.02. The molecule has 2 N–H and O–H groups in total. The van der Waals surface area contributed by atoms with E-state index in [1.807, 2.05) is 6.92 Å². The van der Waals surface area contributed by atoms with Gasteiger partial charge < -0.3 is 10.6 Å². The molecule has 16 heavy (non-hydrogen) atoms. The first-order chi connectivity index (χ1) is 7.47. The molecule has 2 nitrogen and oxygen atoms in total. The molecule has 0 aliphatic rings. The van der Waals surface area contributed by atoms with Crippen molar-refractivity contribution in [2.75, 3.05) is 11.4 Å². The van der Waals surface area contributed by atoms with Crippen LogP contribution in [0.4, 0.5) is 5.69 Å². The number of rotatable bonds is 4. The minimum Gasteiger partial charge on any atom is -0.369 e. The summed E-state index contributed by atoms with van der Waals surface area (Å²) in [7, 11) is 0. The first-order valence-corrected chi connectivity index (χ1v) is 6.58. The zero-order chi connectivity index (χ0) is 12.3. The number of hydrogen-bond donors (Lipinski definition) is 1. The van der Waals surface area contributed by atoms with Crippen LogP contribution in [0, 0.1) is 0 Å². The van der Waals surface area contributed by atoms with Crippen molar-refractivity contribution in [2.24, 2.45) is 5.73 Å². The monoisotopic (exact) mass is 284 g/mol. The lowest BCUT2D eigenvalue weighted by Crippen LogP contribution is -2.31. The van der Waals surface area contributed by atoms with E-state index in [9.17, 15) is 0 Å². The van der Waals surface area contributed by atoms with Crippen LogP contribution in [0.25, 0.3) is 0 Å². The van der Waals surface area contributed by atoms with E-state index < -0.39 is 0 Å². The maximum absolute atomic E-state index is 6.02. The minimum absolute atomic E-state index is 0.0656. The van der Waals surface area contributed by atoms with Crippen molar-refractivity contribution in [1.29, 1.82) is 0 Å². The molecule has 1 rings (SSSR count). The van der Waals surface area contributed by atoms with Crippen molar-refractivity contribution in [3.63, 3.8) is 0 Å². The maximum Gasteiger partial charge on any atom is 0.0428 e. The Morgan fingerprint density at radius 1 is 1.31 bits per heavy atom. The second-order valence-electron chi connectivity index (χ2n) is 4.37. The molecule has 0 fully saturated rings. The molecule has 1 unspecified atom stereocenters. The van der Waals surface area contributed by atoms with Crippen LogP contribution >= 0.6 is 15.9 Å². The molecule has 1 aromatic carbocycles. The molecule has 0 saturated heterocycles. The smallest absolute Gasteiger partial charge is 0.0428 e. The zero-order valence-electron chi connectivity index (χ0n) is 10.5. The van der Waals surface area contributed by atoms with Gasteiger partial charge in [-0.3, -0.25) is 0 Å². The Labute approximate surface area is 107 Å². The number of halogens is 1. The molecular formula is C13H21BrN2. The molecule has 1 atom stereocenters. The van der Waals surface area contributed by atoms with Gasteiger partial charge in [0.15, 0.2) is 0 Å². The van der Waals surface area contributed by atoms with Crippen LogP contribution in [0.2, 0.25) is 0 Å². The van der Waals surface area contributed by atoms with E-state index in [0.29, 0.717) is 6.04 Å². The molecule has 0 heterocycles. The molecule has 0 bridgehead atoms. The highest BCUT2D eigenvalue weighted by Crippen LogP contribution is 2.29. The average molecular weight is 285 g/mol. The highest BCUT2D eigenvalue weighted by Gasteiger charge is 2.15. The van der Waals surface area contributed by atoms with Crippen LogP contribution < -0.4 is 10.6 Å². The summed E-state index contributed by atoms with van der Waals surface area (Å²) in [5, 5.41) is 0. The standard InChI is InChI=1S/C13H21BrN2/c1-5-16(9(2)3)13-8-11(14)6-7-12(13)10(4)15/h6-10H,5,15H2,1-4H3. The molecule has 0 saturated carbocycles. The van der Waals surface area contributed by atoms with Crippen LogP contribution in [-0.4, -0.2) is 12.6 Å². The molecule has 90 valence electrons. The minimum atomic E-state index is 0.0656. The summed E-state index contributed by atoms with van der Waals surface area (Å²) in [5.74, 6) is 0. The summed E-state index contributed by atoms with van der Waals surface area (Å²) >= 11 is 3.52. The molecule has 1 aromatic rings. The SMILES string of the molecule is CCN(c1cc(Br)ccc1C(C)N)C(C)C. The molecule has 0 aromatic heterocycles. The van der Waals surface area contributed by atoms with Crippen LogP contribution in [0.15, 0.2) is 22.7 Å². The summed E-state index contributed by atoms with van der Waals surface area (Å²) in [6.45, 7) is 9.60. The van der Waals surface area contributed by atoms with Gasteiger partial charge in [-0.05, 0) is 45.4 Å². The van der Waals surface area contributed by atoms with Gasteiger partial charge in [-0.2, -0.15) is 0 Å². The quantitative estimate of drug-likeness (QED) is 0.914. The summed E-state index contributed by atoms with van der Waals surface area (Å²) in [6, 6.07) is 6.86. The third-order valence-corrected chi connectivity index (χ3v) is 3.25. The second-order valence-corrected chi connectivity index (χ2v) is 5.29. The lowest BCUT2D eigenvalue weighted by molar-refractivity contribution is 0.691. The number of anilines is 1. The average Bonchev–Trinajstić information content (AvgIpc) is 2.17. The van der Waals surface area contributed by atoms with E-state index in [0.717, 1.165) is 11.0 Å². The fourth-order valence-electron chi connectivity index (χ4n) is 1.96. The third-order valence-electron chi connectivity index (χ3n) is 2.76. The van der Waals surface area contributed by atoms with Crippen molar-refractivity contribution in [2.45, 2.75) is 39.8 Å². The van der Waals surface area contributed by atoms with Crippen LogP contribution in [0.3, 0.4) is 0 Å². The highest BCUT2D eigenvalue weighted by atomic mass is 79.9. The van der Waals surface area contributed by atoms with Crippen LogP contribution in [-0.2, 0) is 0 Å². The van der Waals surface area contributed by atoms with Gasteiger partial charge in [-0.1, -0.05) is 22.0 Å². The van der Waals surface area contributed by atoms with E-state index >= 15 is 0 Å². The lowest BCUT2D eigenvalue weighted by atomic mass is 10.0. The van der Waals surface area contributed by atoms with Gasteiger partial charge in [0.25, 0.3) is 0 Å². The van der Waals surface area contributed by atoms with Gasteiger partial charge in [-0.15, -0.1) is 0 Å². The first kappa shape index (κ1) is 13.5. The summed E-state index contributed by atoms with van der Waals surface area (Å²) in [6.07, 6.45) is 0. The molecule has 0 amide bonds. The zero-order valence-corrected chi connectivity index (χ0v) is 12.1. The van der Waals surface area contributed by atoms with Crippen molar-refractivity contribution >= 4 is 21.6 Å². The molecular weight excluding hydrogens is 264 g/mol. The number of hydrogen-bond acceptors (Lipinski definition) is 2. The van der Waals surface area contributed by atoms with E-state index in [1.54, 1.807) is 0 Å². The second kappa shape index (κ2) is 5.69. The van der Waals surface area contributed by atoms with E-state index in [2.05, 4.69) is 59.8 Å². The topological polar surface area (TPSA) is 29.3 Å². The van der Waals surface area contributed by atoms with Gasteiger partial charge in [0.05, 0.1) is 0 Å². The van der Waals surface area contributed by atoms with Gasteiger partial charge in [-0.25, -0.2) is 0 Å². The van der Waals surface area contributed by atoms with E-state index in [-0.39, 0.29) is 6.04 Å². The third kappa shape index (κ3) is 2.98. The predicted molar refractivity (Wildman–Crippen MR) is 74.9 cm³/mol. The summed E-state index contributed by atoms with van der Waals surface area (Å²) in [5.41, 5.74) is 8.46. The van der Waals surface area contributed by atoms with Crippen LogP contribution in [0.5, 0.6) is 0 Å². The van der Waals surface area contributed by atoms with Gasteiger partial charge in [0.2, 0.25) is 0 Å². The highest BCUT2D eigenvalue weighted by molar-refractivity contribution is 9.10. The van der Waals surface area contributed by atoms with Crippen molar-refractivity contribution in [1.82, 2.24) is 0 Å². The first-order valence-electron chi connectivity index (χ1n) is 5.79. The van der Waals surface area contributed by atoms with Crippen LogP contribution in [0.1, 0.15) is 39.3 Å². The predicted octanol–water partition coefficient (Wildman–Crippen LogP) is 3.70. The Bertz CT molecular complexity index is 348.